The number of aldehydes is 2. The third-order valence-electron chi connectivity index (χ3n) is 4.08. The van der Waals surface area contributed by atoms with Crippen molar-refractivity contribution in [2.24, 2.45) is 0 Å². The van der Waals surface area contributed by atoms with Crippen molar-refractivity contribution in [3.8, 4) is 11.1 Å². The Morgan fingerprint density at radius 2 is 1.08 bits per heavy atom. The maximum atomic E-state index is 11.8. The van der Waals surface area contributed by atoms with Gasteiger partial charge in [-0.1, -0.05) is 0 Å². The highest BCUT2D eigenvalue weighted by Gasteiger charge is 2.20. The molecule has 0 heterocycles. The number of carbonyl (C=O) groups excluding carboxylic acids is 4. The van der Waals surface area contributed by atoms with Crippen molar-refractivity contribution < 1.29 is 28.7 Å². The molecule has 0 amide bonds. The molecule has 0 aromatic heterocycles. The molecular formula is C20H18O6. The van der Waals surface area contributed by atoms with Crippen LogP contribution in [0.15, 0.2) is 24.3 Å². The van der Waals surface area contributed by atoms with Gasteiger partial charge in [0.1, 0.15) is 0 Å². The fraction of sp³-hybridized carbons (Fsp3) is 0.200. The number of aryl methyl sites for hydroxylation is 2. The van der Waals surface area contributed by atoms with Crippen LogP contribution in [0.2, 0.25) is 0 Å². The van der Waals surface area contributed by atoms with Crippen molar-refractivity contribution >= 4 is 24.5 Å². The highest BCUT2D eigenvalue weighted by molar-refractivity contribution is 6.02. The molecule has 6 heteroatoms. The predicted octanol–water partition coefficient (Wildman–Crippen LogP) is 3.17. The van der Waals surface area contributed by atoms with Crippen molar-refractivity contribution in [2.75, 3.05) is 14.2 Å². The smallest absolute Gasteiger partial charge is 0.337 e. The van der Waals surface area contributed by atoms with Crippen LogP contribution in [0.3, 0.4) is 0 Å². The maximum absolute atomic E-state index is 11.8. The summed E-state index contributed by atoms with van der Waals surface area (Å²) >= 11 is 0. The second-order valence-electron chi connectivity index (χ2n) is 5.73. The summed E-state index contributed by atoms with van der Waals surface area (Å²) in [7, 11) is 2.51. The first kappa shape index (κ1) is 19.1. The van der Waals surface area contributed by atoms with E-state index in [-0.39, 0.29) is 22.3 Å². The lowest BCUT2D eigenvalue weighted by Gasteiger charge is -2.16. The van der Waals surface area contributed by atoms with Crippen molar-refractivity contribution in [1.82, 2.24) is 0 Å². The van der Waals surface area contributed by atoms with Gasteiger partial charge in [-0.25, -0.2) is 9.59 Å². The second-order valence-corrected chi connectivity index (χ2v) is 5.73. The zero-order valence-electron chi connectivity index (χ0n) is 14.9. The van der Waals surface area contributed by atoms with Crippen LogP contribution in [-0.4, -0.2) is 38.7 Å². The first-order valence-corrected chi connectivity index (χ1v) is 7.74. The summed E-state index contributed by atoms with van der Waals surface area (Å²) in [4.78, 5) is 46.8. The van der Waals surface area contributed by atoms with E-state index < -0.39 is 11.9 Å². The largest absolute Gasteiger partial charge is 0.465 e. The molecule has 0 aliphatic rings. The fourth-order valence-electron chi connectivity index (χ4n) is 2.97. The lowest BCUT2D eigenvalue weighted by Crippen LogP contribution is -2.07. The van der Waals surface area contributed by atoms with E-state index in [2.05, 4.69) is 0 Å². The molecule has 2 rings (SSSR count). The summed E-state index contributed by atoms with van der Waals surface area (Å²) in [5, 5.41) is 0. The van der Waals surface area contributed by atoms with Crippen LogP contribution in [0.25, 0.3) is 11.1 Å². The van der Waals surface area contributed by atoms with Gasteiger partial charge in [0, 0.05) is 11.1 Å². The van der Waals surface area contributed by atoms with E-state index in [0.717, 1.165) is 0 Å². The zero-order chi connectivity index (χ0) is 19.4. The molecule has 0 spiro atoms. The lowest BCUT2D eigenvalue weighted by molar-refractivity contribution is 0.0591. The Hall–Kier alpha value is -3.28. The first-order valence-electron chi connectivity index (χ1n) is 7.74. The number of hydrogen-bond donors (Lipinski definition) is 0. The zero-order valence-corrected chi connectivity index (χ0v) is 14.9. The Balaban J connectivity index is 2.79. The number of benzene rings is 2. The SMILES string of the molecule is COC(=O)c1cc(C)c(-c2c(C)cc(C(=O)OC)cc2C=O)c(C=O)c1. The summed E-state index contributed by atoms with van der Waals surface area (Å²) in [5.74, 6) is -1.12. The normalized spacial score (nSPS) is 10.2. The van der Waals surface area contributed by atoms with Crippen LogP contribution < -0.4 is 0 Å². The molecule has 2 aromatic rings. The lowest BCUT2D eigenvalue weighted by atomic mass is 9.87. The Morgan fingerprint density at radius 1 is 0.731 bits per heavy atom. The standard InChI is InChI=1S/C20H18O6/c1-11-5-13(19(23)25-3)7-15(9-21)17(11)18-12(2)6-14(20(24)26-4)8-16(18)10-22/h5-10H,1-4H3. The third-order valence-corrected chi connectivity index (χ3v) is 4.08. The second kappa shape index (κ2) is 7.74. The van der Waals surface area contributed by atoms with E-state index in [1.165, 1.54) is 26.4 Å². The van der Waals surface area contributed by atoms with E-state index >= 15 is 0 Å². The fourth-order valence-corrected chi connectivity index (χ4v) is 2.97. The van der Waals surface area contributed by atoms with Crippen molar-refractivity contribution in [3.05, 3.63) is 57.6 Å². The van der Waals surface area contributed by atoms with Crippen LogP contribution in [0.1, 0.15) is 52.6 Å². The van der Waals surface area contributed by atoms with E-state index in [1.54, 1.807) is 26.0 Å². The van der Waals surface area contributed by atoms with E-state index in [9.17, 15) is 19.2 Å². The quantitative estimate of drug-likeness (QED) is 0.605. The van der Waals surface area contributed by atoms with E-state index in [1.807, 2.05) is 0 Å². The van der Waals surface area contributed by atoms with Gasteiger partial charge in [0.2, 0.25) is 0 Å². The Bertz CT molecular complexity index is 836. The third kappa shape index (κ3) is 3.39. The molecular weight excluding hydrogens is 336 g/mol. The molecule has 0 saturated carbocycles. The molecule has 0 aliphatic heterocycles. The highest BCUT2D eigenvalue weighted by atomic mass is 16.5. The molecule has 134 valence electrons. The molecule has 2 aromatic carbocycles. The summed E-state index contributed by atoms with van der Waals surface area (Å²) in [6.45, 7) is 3.47. The molecule has 0 radical (unpaired) electrons. The molecule has 26 heavy (non-hydrogen) atoms. The van der Waals surface area contributed by atoms with Gasteiger partial charge in [0.25, 0.3) is 0 Å². The van der Waals surface area contributed by atoms with Gasteiger partial charge in [0.05, 0.1) is 25.3 Å². The van der Waals surface area contributed by atoms with Crippen LogP contribution in [-0.2, 0) is 9.47 Å². The molecule has 0 saturated heterocycles. The summed E-state index contributed by atoms with van der Waals surface area (Å²) in [6, 6.07) is 6.03. The van der Waals surface area contributed by atoms with Crippen molar-refractivity contribution in [3.63, 3.8) is 0 Å². The topological polar surface area (TPSA) is 86.7 Å². The predicted molar refractivity (Wildman–Crippen MR) is 94.8 cm³/mol. The minimum Gasteiger partial charge on any atom is -0.465 e. The Labute approximate surface area is 150 Å². The van der Waals surface area contributed by atoms with Crippen LogP contribution >= 0.6 is 0 Å². The summed E-state index contributed by atoms with van der Waals surface area (Å²) in [6.07, 6.45) is 1.24. The number of carbonyl (C=O) groups is 4. The monoisotopic (exact) mass is 354 g/mol. The van der Waals surface area contributed by atoms with E-state index in [0.29, 0.717) is 34.8 Å². The minimum atomic E-state index is -0.559. The van der Waals surface area contributed by atoms with Crippen LogP contribution in [0, 0.1) is 13.8 Å². The molecule has 0 bridgehead atoms. The minimum absolute atomic E-state index is 0.243. The number of hydrogen-bond acceptors (Lipinski definition) is 6. The molecule has 0 atom stereocenters. The van der Waals surface area contributed by atoms with Crippen LogP contribution in [0.4, 0.5) is 0 Å². The Kier molecular flexibility index (Phi) is 5.67. The molecule has 0 aliphatic carbocycles. The molecule has 0 fully saturated rings. The van der Waals surface area contributed by atoms with Gasteiger partial charge in [-0.05, 0) is 60.4 Å². The van der Waals surface area contributed by atoms with Gasteiger partial charge in [-0.15, -0.1) is 0 Å². The average Bonchev–Trinajstić information content (AvgIpc) is 2.65. The number of methoxy groups -OCH3 is 2. The van der Waals surface area contributed by atoms with Crippen LogP contribution in [0.5, 0.6) is 0 Å². The van der Waals surface area contributed by atoms with Crippen molar-refractivity contribution in [1.29, 1.82) is 0 Å². The van der Waals surface area contributed by atoms with Gasteiger partial charge in [0.15, 0.2) is 12.6 Å². The van der Waals surface area contributed by atoms with Crippen molar-refractivity contribution in [2.45, 2.75) is 13.8 Å². The number of rotatable bonds is 5. The molecule has 0 N–H and O–H groups in total. The maximum Gasteiger partial charge on any atom is 0.337 e. The Morgan fingerprint density at radius 3 is 1.35 bits per heavy atom. The number of esters is 2. The van der Waals surface area contributed by atoms with Gasteiger partial charge >= 0.3 is 11.9 Å². The van der Waals surface area contributed by atoms with Gasteiger partial charge < -0.3 is 9.47 Å². The molecule has 6 nitrogen and oxygen atoms in total. The van der Waals surface area contributed by atoms with Gasteiger partial charge in [-0.2, -0.15) is 0 Å². The van der Waals surface area contributed by atoms with E-state index in [4.69, 9.17) is 9.47 Å². The first-order chi connectivity index (χ1) is 12.4. The molecule has 0 unspecified atom stereocenters. The summed E-state index contributed by atoms with van der Waals surface area (Å²) < 4.78 is 9.39. The number of ether oxygens (including phenoxy) is 2. The highest BCUT2D eigenvalue weighted by Crippen LogP contribution is 2.34. The van der Waals surface area contributed by atoms with Gasteiger partial charge in [-0.3, -0.25) is 9.59 Å². The average molecular weight is 354 g/mol. The summed E-state index contributed by atoms with van der Waals surface area (Å²) in [5.41, 5.74) is 3.32.